The average molecular weight is 400 g/mol. The quantitative estimate of drug-likeness (QED) is 0.385. The minimum Gasteiger partial charge on any atom is -0.480 e. The third kappa shape index (κ3) is 11.0. The maximum Gasteiger partial charge on any atom is 0.326 e. The van der Waals surface area contributed by atoms with Crippen molar-refractivity contribution in [2.24, 2.45) is 17.8 Å². The zero-order valence-corrected chi connectivity index (χ0v) is 18.3. The molecule has 0 heterocycles. The monoisotopic (exact) mass is 399 g/mol. The predicted octanol–water partition coefficient (Wildman–Crippen LogP) is 3.35. The van der Waals surface area contributed by atoms with Crippen LogP contribution in [0.4, 0.5) is 0 Å². The van der Waals surface area contributed by atoms with Crippen LogP contribution in [0.3, 0.4) is 0 Å². The van der Waals surface area contributed by atoms with E-state index >= 15 is 0 Å². The van der Waals surface area contributed by atoms with Crippen LogP contribution in [0.5, 0.6) is 0 Å². The summed E-state index contributed by atoms with van der Waals surface area (Å²) >= 11 is 0. The summed E-state index contributed by atoms with van der Waals surface area (Å²) in [5, 5.41) is 11.8. The minimum atomic E-state index is -1.08. The highest BCUT2D eigenvalue weighted by Crippen LogP contribution is 2.19. The lowest BCUT2D eigenvalue weighted by molar-refractivity contribution is -0.155. The molecule has 0 spiro atoms. The highest BCUT2D eigenvalue weighted by Gasteiger charge is 2.30. The molecule has 162 valence electrons. The Morgan fingerprint density at radius 2 is 1.46 bits per heavy atom. The van der Waals surface area contributed by atoms with Crippen molar-refractivity contribution in [3.63, 3.8) is 0 Å². The summed E-state index contributed by atoms with van der Waals surface area (Å²) in [6.07, 6.45) is 1.71. The van der Waals surface area contributed by atoms with E-state index in [1.807, 2.05) is 13.8 Å². The molecule has 0 saturated heterocycles. The van der Waals surface area contributed by atoms with Gasteiger partial charge in [-0.15, -0.1) is 0 Å². The van der Waals surface area contributed by atoms with Crippen molar-refractivity contribution >= 4 is 23.6 Å². The number of carbonyl (C=O) groups is 4. The van der Waals surface area contributed by atoms with Crippen LogP contribution in [0.15, 0.2) is 0 Å². The molecule has 0 rings (SSSR count). The molecule has 0 aliphatic heterocycles. The molecule has 28 heavy (non-hydrogen) atoms. The van der Waals surface area contributed by atoms with Gasteiger partial charge < -0.3 is 15.2 Å². The first kappa shape index (κ1) is 26.1. The fraction of sp³-hybridized carbons (Fsp3) is 0.810. The van der Waals surface area contributed by atoms with Crippen molar-refractivity contribution in [1.82, 2.24) is 5.32 Å². The van der Waals surface area contributed by atoms with Gasteiger partial charge in [0.15, 0.2) is 0 Å². The maximum absolute atomic E-state index is 12.5. The Morgan fingerprint density at radius 3 is 1.89 bits per heavy atom. The number of hydrogen-bond donors (Lipinski definition) is 2. The number of aliphatic carboxylic acids is 1. The van der Waals surface area contributed by atoms with Crippen molar-refractivity contribution in [2.45, 2.75) is 92.2 Å². The van der Waals surface area contributed by atoms with Gasteiger partial charge in [0.05, 0.1) is 0 Å². The van der Waals surface area contributed by atoms with Crippen LogP contribution in [-0.4, -0.2) is 40.4 Å². The largest absolute Gasteiger partial charge is 0.480 e. The van der Waals surface area contributed by atoms with E-state index in [4.69, 9.17) is 4.74 Å². The Morgan fingerprint density at radius 1 is 0.929 bits per heavy atom. The van der Waals surface area contributed by atoms with E-state index in [2.05, 4.69) is 5.32 Å². The van der Waals surface area contributed by atoms with Gasteiger partial charge in [0, 0.05) is 25.2 Å². The Bertz CT molecular complexity index is 548. The molecule has 0 aromatic carbocycles. The zero-order chi connectivity index (χ0) is 22.1. The molecule has 0 aliphatic rings. The Balaban J connectivity index is 4.53. The van der Waals surface area contributed by atoms with Crippen molar-refractivity contribution in [3.05, 3.63) is 0 Å². The standard InChI is InChI=1S/C21H37NO6/c1-13(2)16(19(25)22-18(14(3)4)20(26)27)12-15(23)10-8-9-11-17(24)28-21(5,6)7/h13-14,16,18H,8-12H2,1-7H3,(H,22,25)(H,26,27)/t16-,18-/m0/s1. The number of hydrogen-bond acceptors (Lipinski definition) is 5. The maximum atomic E-state index is 12.5. The molecule has 0 aromatic heterocycles. The van der Waals surface area contributed by atoms with Gasteiger partial charge in [0.1, 0.15) is 17.4 Å². The molecule has 0 aromatic rings. The fourth-order valence-electron chi connectivity index (χ4n) is 2.74. The van der Waals surface area contributed by atoms with E-state index in [-0.39, 0.29) is 42.9 Å². The van der Waals surface area contributed by atoms with E-state index < -0.39 is 29.4 Å². The summed E-state index contributed by atoms with van der Waals surface area (Å²) in [5.41, 5.74) is -0.519. The minimum absolute atomic E-state index is 0.0607. The number of carboxylic acid groups (broad SMARTS) is 1. The van der Waals surface area contributed by atoms with Crippen LogP contribution in [0, 0.1) is 17.8 Å². The van der Waals surface area contributed by atoms with Crippen molar-refractivity contribution < 1.29 is 29.0 Å². The number of amides is 1. The second-order valence-electron chi connectivity index (χ2n) is 8.96. The van der Waals surface area contributed by atoms with Crippen LogP contribution >= 0.6 is 0 Å². The molecule has 7 heteroatoms. The van der Waals surface area contributed by atoms with Crippen LogP contribution in [0.1, 0.15) is 80.6 Å². The Kier molecular flexibility index (Phi) is 11.0. The van der Waals surface area contributed by atoms with Crippen molar-refractivity contribution in [1.29, 1.82) is 0 Å². The van der Waals surface area contributed by atoms with E-state index in [9.17, 15) is 24.3 Å². The van der Waals surface area contributed by atoms with E-state index in [1.54, 1.807) is 34.6 Å². The number of rotatable bonds is 12. The fourth-order valence-corrected chi connectivity index (χ4v) is 2.74. The third-order valence-corrected chi connectivity index (χ3v) is 4.33. The van der Waals surface area contributed by atoms with Gasteiger partial charge in [-0.1, -0.05) is 27.7 Å². The van der Waals surface area contributed by atoms with Gasteiger partial charge in [-0.2, -0.15) is 0 Å². The van der Waals surface area contributed by atoms with Gasteiger partial charge in [-0.05, 0) is 45.4 Å². The molecule has 7 nitrogen and oxygen atoms in total. The van der Waals surface area contributed by atoms with Gasteiger partial charge in [-0.3, -0.25) is 14.4 Å². The zero-order valence-electron chi connectivity index (χ0n) is 18.3. The lowest BCUT2D eigenvalue weighted by Crippen LogP contribution is -2.47. The van der Waals surface area contributed by atoms with Crippen LogP contribution in [-0.2, 0) is 23.9 Å². The highest BCUT2D eigenvalue weighted by molar-refractivity contribution is 5.89. The summed E-state index contributed by atoms with van der Waals surface area (Å²) in [7, 11) is 0. The number of carboxylic acids is 1. The van der Waals surface area contributed by atoms with Gasteiger partial charge in [-0.25, -0.2) is 4.79 Å². The smallest absolute Gasteiger partial charge is 0.326 e. The van der Waals surface area contributed by atoms with Gasteiger partial charge in [0.2, 0.25) is 5.91 Å². The van der Waals surface area contributed by atoms with E-state index in [0.717, 1.165) is 0 Å². The molecule has 0 unspecified atom stereocenters. The summed E-state index contributed by atoms with van der Waals surface area (Å²) in [6, 6.07) is -0.974. The lowest BCUT2D eigenvalue weighted by Gasteiger charge is -2.24. The summed E-state index contributed by atoms with van der Waals surface area (Å²) < 4.78 is 5.22. The third-order valence-electron chi connectivity index (χ3n) is 4.33. The number of ether oxygens (including phenoxy) is 1. The van der Waals surface area contributed by atoms with Crippen molar-refractivity contribution in [3.8, 4) is 0 Å². The molecule has 0 radical (unpaired) electrons. The summed E-state index contributed by atoms with van der Waals surface area (Å²) in [6.45, 7) is 12.5. The molecule has 0 bridgehead atoms. The molecule has 1 amide bonds. The van der Waals surface area contributed by atoms with Crippen LogP contribution in [0.2, 0.25) is 0 Å². The second kappa shape index (κ2) is 11.8. The molecular formula is C21H37NO6. The topological polar surface area (TPSA) is 110 Å². The summed E-state index contributed by atoms with van der Waals surface area (Å²) in [4.78, 5) is 47.7. The predicted molar refractivity (Wildman–Crippen MR) is 107 cm³/mol. The lowest BCUT2D eigenvalue weighted by atomic mass is 9.88. The molecule has 0 aliphatic carbocycles. The number of unbranched alkanes of at least 4 members (excludes halogenated alkanes) is 1. The normalized spacial score (nSPS) is 13.9. The second-order valence-corrected chi connectivity index (χ2v) is 8.96. The SMILES string of the molecule is CC(C)[C@H](CC(=O)CCCCC(=O)OC(C)(C)C)C(=O)N[C@H](C(=O)O)C(C)C. The van der Waals surface area contributed by atoms with Gasteiger partial charge in [0.25, 0.3) is 0 Å². The first-order valence-corrected chi connectivity index (χ1v) is 10.0. The number of carbonyl (C=O) groups excluding carboxylic acids is 3. The van der Waals surface area contributed by atoms with E-state index in [1.165, 1.54) is 0 Å². The van der Waals surface area contributed by atoms with E-state index in [0.29, 0.717) is 12.8 Å². The summed E-state index contributed by atoms with van der Waals surface area (Å²) in [5.74, 6) is -2.75. The number of nitrogens with one attached hydrogen (secondary N) is 1. The number of Topliss-reactive ketones (excluding diaryl/α,β-unsaturated/α-hetero) is 1. The average Bonchev–Trinajstić information content (AvgIpc) is 2.51. The van der Waals surface area contributed by atoms with Gasteiger partial charge >= 0.3 is 11.9 Å². The molecule has 0 saturated carbocycles. The number of esters is 1. The highest BCUT2D eigenvalue weighted by atomic mass is 16.6. The molecular weight excluding hydrogens is 362 g/mol. The molecule has 0 fully saturated rings. The van der Waals surface area contributed by atoms with Crippen LogP contribution in [0.25, 0.3) is 0 Å². The molecule has 2 N–H and O–H groups in total. The first-order chi connectivity index (χ1) is 12.7. The number of ketones is 1. The van der Waals surface area contributed by atoms with Crippen molar-refractivity contribution in [2.75, 3.05) is 0 Å². The first-order valence-electron chi connectivity index (χ1n) is 10.0. The molecule has 2 atom stereocenters. The Hall–Kier alpha value is -1.92. The Labute approximate surface area is 168 Å². The van der Waals surface area contributed by atoms with Crippen LogP contribution < -0.4 is 5.32 Å².